The van der Waals surface area contributed by atoms with Crippen LogP contribution < -0.4 is 10.2 Å². The molecule has 7 heteroatoms. The number of rotatable bonds is 6. The number of urea groups is 1. The third kappa shape index (κ3) is 5.67. The average Bonchev–Trinajstić information content (AvgIpc) is 3.00. The zero-order valence-corrected chi connectivity index (χ0v) is 21.4. The minimum absolute atomic E-state index is 0.0189. The molecule has 1 aromatic heterocycles. The number of carbonyl (C=O) groups is 2. The van der Waals surface area contributed by atoms with E-state index in [-0.39, 0.29) is 18.0 Å². The van der Waals surface area contributed by atoms with Gasteiger partial charge in [-0.2, -0.15) is 0 Å². The summed E-state index contributed by atoms with van der Waals surface area (Å²) in [5, 5.41) is 3.20. The molecule has 2 heterocycles. The molecule has 0 bridgehead atoms. The normalized spacial score (nSPS) is 13.3. The third-order valence-corrected chi connectivity index (χ3v) is 6.94. The van der Waals surface area contributed by atoms with Gasteiger partial charge in [-0.3, -0.25) is 9.78 Å². The first kappa shape index (κ1) is 25.0. The number of benzene rings is 3. The van der Waals surface area contributed by atoms with Crippen molar-refractivity contribution in [3.63, 3.8) is 0 Å². The summed E-state index contributed by atoms with van der Waals surface area (Å²) < 4.78 is 0. The third-order valence-electron chi connectivity index (χ3n) is 6.94. The molecule has 0 atom stereocenters. The number of nitrogens with one attached hydrogen (secondary N) is 1. The second-order valence-electron chi connectivity index (χ2n) is 9.29. The zero-order chi connectivity index (χ0) is 26.3. The number of aromatic nitrogens is 1. The quantitative estimate of drug-likeness (QED) is 0.396. The lowest BCUT2D eigenvalue weighted by Crippen LogP contribution is -2.53. The van der Waals surface area contributed by atoms with Crippen molar-refractivity contribution in [1.29, 1.82) is 0 Å². The van der Waals surface area contributed by atoms with Gasteiger partial charge in [-0.15, -0.1) is 0 Å². The lowest BCUT2D eigenvalue weighted by atomic mass is 9.99. The molecule has 1 saturated heterocycles. The maximum Gasteiger partial charge on any atom is 0.318 e. The molecule has 0 spiro atoms. The van der Waals surface area contributed by atoms with Gasteiger partial charge in [-0.25, -0.2) is 4.79 Å². The van der Waals surface area contributed by atoms with E-state index in [0.29, 0.717) is 31.7 Å². The second kappa shape index (κ2) is 11.6. The summed E-state index contributed by atoms with van der Waals surface area (Å²) in [5.41, 5.74) is 4.71. The molecule has 7 nitrogen and oxygen atoms in total. The standard InChI is InChI=1S/C31H31N5O2/c1-34(28-16-18-32-19-17-28)27-14-12-26(13-15-27)30(37)35-20-22-36(23-21-35)31(38)33-29(24-8-4-2-5-9-24)25-10-6-3-7-11-25/h2-19,29H,20-23H2,1H3,(H,33,38). The average molecular weight is 506 g/mol. The van der Waals surface area contributed by atoms with Gasteiger partial charge in [0.2, 0.25) is 0 Å². The van der Waals surface area contributed by atoms with Crippen molar-refractivity contribution >= 4 is 23.3 Å². The molecule has 0 aliphatic carbocycles. The van der Waals surface area contributed by atoms with Gasteiger partial charge in [-0.1, -0.05) is 60.7 Å². The Hall–Kier alpha value is -4.65. The van der Waals surface area contributed by atoms with E-state index in [1.165, 1.54) is 0 Å². The van der Waals surface area contributed by atoms with Gasteiger partial charge in [0.15, 0.2) is 0 Å². The van der Waals surface area contributed by atoms with Crippen LogP contribution in [0.4, 0.5) is 16.2 Å². The Bertz CT molecular complexity index is 1300. The van der Waals surface area contributed by atoms with E-state index >= 15 is 0 Å². The van der Waals surface area contributed by atoms with Gasteiger partial charge in [-0.05, 0) is 47.5 Å². The number of hydrogen-bond acceptors (Lipinski definition) is 4. The Kier molecular flexibility index (Phi) is 7.64. The molecule has 0 saturated carbocycles. The number of pyridine rings is 1. The molecule has 1 aliphatic heterocycles. The number of piperazine rings is 1. The molecule has 4 aromatic rings. The smallest absolute Gasteiger partial charge is 0.318 e. The summed E-state index contributed by atoms with van der Waals surface area (Å²) in [5.74, 6) is -0.0189. The Balaban J connectivity index is 1.19. The van der Waals surface area contributed by atoms with Gasteiger partial charge in [0.05, 0.1) is 6.04 Å². The molecule has 0 radical (unpaired) electrons. The predicted molar refractivity (Wildman–Crippen MR) is 149 cm³/mol. The molecule has 5 rings (SSSR count). The van der Waals surface area contributed by atoms with Crippen LogP contribution in [-0.4, -0.2) is 59.9 Å². The summed E-state index contributed by atoms with van der Waals surface area (Å²) in [6.07, 6.45) is 3.51. The van der Waals surface area contributed by atoms with Crippen LogP contribution in [0.5, 0.6) is 0 Å². The first-order chi connectivity index (χ1) is 18.6. The first-order valence-electron chi connectivity index (χ1n) is 12.8. The van der Waals surface area contributed by atoms with E-state index in [9.17, 15) is 9.59 Å². The molecule has 1 fully saturated rings. The monoisotopic (exact) mass is 505 g/mol. The topological polar surface area (TPSA) is 68.8 Å². The van der Waals surface area contributed by atoms with E-state index in [0.717, 1.165) is 22.5 Å². The Morgan fingerprint density at radius 3 is 1.76 bits per heavy atom. The molecule has 3 amide bonds. The van der Waals surface area contributed by atoms with Gasteiger partial charge in [0, 0.05) is 62.6 Å². The summed E-state index contributed by atoms with van der Waals surface area (Å²) >= 11 is 0. The fourth-order valence-corrected chi connectivity index (χ4v) is 4.70. The first-order valence-corrected chi connectivity index (χ1v) is 12.8. The van der Waals surface area contributed by atoms with Crippen LogP contribution in [0, 0.1) is 0 Å². The molecule has 38 heavy (non-hydrogen) atoms. The lowest BCUT2D eigenvalue weighted by Gasteiger charge is -2.35. The number of carbonyl (C=O) groups excluding carboxylic acids is 2. The van der Waals surface area contributed by atoms with E-state index in [1.807, 2.05) is 114 Å². The SMILES string of the molecule is CN(c1ccncc1)c1ccc(C(=O)N2CCN(C(=O)NC(c3ccccc3)c3ccccc3)CC2)cc1. The van der Waals surface area contributed by atoms with Crippen molar-refractivity contribution in [2.75, 3.05) is 38.1 Å². The summed E-state index contributed by atoms with van der Waals surface area (Å²) in [6, 6.07) is 31.1. The van der Waals surface area contributed by atoms with Crippen LogP contribution in [0.1, 0.15) is 27.5 Å². The highest BCUT2D eigenvalue weighted by atomic mass is 16.2. The molecular formula is C31H31N5O2. The highest BCUT2D eigenvalue weighted by Gasteiger charge is 2.27. The fourth-order valence-electron chi connectivity index (χ4n) is 4.70. The number of nitrogens with zero attached hydrogens (tertiary/aromatic N) is 4. The minimum atomic E-state index is -0.242. The van der Waals surface area contributed by atoms with Crippen molar-refractivity contribution in [3.05, 3.63) is 126 Å². The Morgan fingerprint density at radius 2 is 1.21 bits per heavy atom. The van der Waals surface area contributed by atoms with E-state index in [2.05, 4.69) is 10.3 Å². The molecule has 1 N–H and O–H groups in total. The highest BCUT2D eigenvalue weighted by molar-refractivity contribution is 5.95. The van der Waals surface area contributed by atoms with Crippen LogP contribution in [0.3, 0.4) is 0 Å². The lowest BCUT2D eigenvalue weighted by molar-refractivity contribution is 0.0664. The van der Waals surface area contributed by atoms with Crippen LogP contribution in [0.25, 0.3) is 0 Å². The van der Waals surface area contributed by atoms with E-state index in [4.69, 9.17) is 0 Å². The van der Waals surface area contributed by atoms with Crippen molar-refractivity contribution in [2.45, 2.75) is 6.04 Å². The van der Waals surface area contributed by atoms with Gasteiger partial charge >= 0.3 is 6.03 Å². The maximum atomic E-state index is 13.2. The van der Waals surface area contributed by atoms with Crippen LogP contribution in [0.15, 0.2) is 109 Å². The predicted octanol–water partition coefficient (Wildman–Crippen LogP) is 5.11. The van der Waals surface area contributed by atoms with Gasteiger partial charge in [0.25, 0.3) is 5.91 Å². The maximum absolute atomic E-state index is 13.2. The molecule has 3 aromatic carbocycles. The van der Waals surface area contributed by atoms with Crippen molar-refractivity contribution in [1.82, 2.24) is 20.1 Å². The highest BCUT2D eigenvalue weighted by Crippen LogP contribution is 2.24. The Morgan fingerprint density at radius 1 is 0.711 bits per heavy atom. The molecule has 1 aliphatic rings. The molecule has 192 valence electrons. The van der Waals surface area contributed by atoms with Crippen LogP contribution in [0.2, 0.25) is 0 Å². The summed E-state index contributed by atoms with van der Waals surface area (Å²) in [6.45, 7) is 1.95. The van der Waals surface area contributed by atoms with Crippen molar-refractivity contribution in [3.8, 4) is 0 Å². The Labute approximate surface area is 223 Å². The van der Waals surface area contributed by atoms with E-state index < -0.39 is 0 Å². The number of hydrogen-bond donors (Lipinski definition) is 1. The van der Waals surface area contributed by atoms with Crippen LogP contribution >= 0.6 is 0 Å². The largest absolute Gasteiger partial charge is 0.345 e. The van der Waals surface area contributed by atoms with Crippen molar-refractivity contribution in [2.24, 2.45) is 0 Å². The fraction of sp³-hybridized carbons (Fsp3) is 0.194. The summed E-state index contributed by atoms with van der Waals surface area (Å²) in [7, 11) is 1.98. The molecular weight excluding hydrogens is 474 g/mol. The zero-order valence-electron chi connectivity index (χ0n) is 21.4. The van der Waals surface area contributed by atoms with Gasteiger partial charge < -0.3 is 20.0 Å². The number of amides is 3. The van der Waals surface area contributed by atoms with Crippen LogP contribution in [-0.2, 0) is 0 Å². The second-order valence-corrected chi connectivity index (χ2v) is 9.29. The molecule has 0 unspecified atom stereocenters. The van der Waals surface area contributed by atoms with Gasteiger partial charge in [0.1, 0.15) is 0 Å². The summed E-state index contributed by atoms with van der Waals surface area (Å²) in [4.78, 5) is 36.1. The van der Waals surface area contributed by atoms with Crippen molar-refractivity contribution < 1.29 is 9.59 Å². The minimum Gasteiger partial charge on any atom is -0.345 e. The van der Waals surface area contributed by atoms with E-state index in [1.54, 1.807) is 17.3 Å². The number of anilines is 2.